The number of rotatable bonds is 9. The van der Waals surface area contributed by atoms with Gasteiger partial charge < -0.3 is 29.4 Å². The Morgan fingerprint density at radius 3 is 2.53 bits per heavy atom. The summed E-state index contributed by atoms with van der Waals surface area (Å²) >= 11 is 0. The Balaban J connectivity index is 1.29. The largest absolute Gasteiger partial charge is 0.494 e. The third kappa shape index (κ3) is 6.09. The first-order chi connectivity index (χ1) is 21.7. The van der Waals surface area contributed by atoms with Crippen LogP contribution in [0.1, 0.15) is 18.4 Å². The molecule has 6 rings (SSSR count). The highest BCUT2D eigenvalue weighted by atomic mass is 19.1. The third-order valence-electron chi connectivity index (χ3n) is 8.01. The number of fused-ring (bicyclic) bond motifs is 2. The van der Waals surface area contributed by atoms with E-state index in [1.54, 1.807) is 31.6 Å². The van der Waals surface area contributed by atoms with Crippen LogP contribution in [0, 0.1) is 6.92 Å². The van der Waals surface area contributed by atoms with E-state index in [2.05, 4.69) is 25.6 Å². The molecular weight excluding hydrogens is 577 g/mol. The Kier molecular flexibility index (Phi) is 8.22. The second-order valence-corrected chi connectivity index (χ2v) is 11.0. The summed E-state index contributed by atoms with van der Waals surface area (Å²) in [7, 11) is 6.90. The molecule has 45 heavy (non-hydrogen) atoms. The first kappa shape index (κ1) is 29.8. The summed E-state index contributed by atoms with van der Waals surface area (Å²) in [6, 6.07) is 12.7. The van der Waals surface area contributed by atoms with Crippen molar-refractivity contribution in [2.75, 3.05) is 38.4 Å². The van der Waals surface area contributed by atoms with Gasteiger partial charge in [0.15, 0.2) is 5.83 Å². The van der Waals surface area contributed by atoms with E-state index < -0.39 is 11.7 Å². The smallest absolute Gasteiger partial charge is 0.284 e. The van der Waals surface area contributed by atoms with Crippen LogP contribution in [0.4, 0.5) is 21.6 Å². The fourth-order valence-electron chi connectivity index (χ4n) is 5.49. The van der Waals surface area contributed by atoms with E-state index in [1.165, 1.54) is 19.5 Å². The van der Waals surface area contributed by atoms with Crippen molar-refractivity contribution in [3.63, 3.8) is 0 Å². The van der Waals surface area contributed by atoms with E-state index in [-0.39, 0.29) is 11.7 Å². The van der Waals surface area contributed by atoms with E-state index in [4.69, 9.17) is 14.2 Å². The fraction of sp³-hybridized carbons (Fsp3) is 0.273. The number of methoxy groups -OCH3 is 2. The van der Waals surface area contributed by atoms with Crippen molar-refractivity contribution in [3.8, 4) is 23.0 Å². The predicted octanol–water partition coefficient (Wildman–Crippen LogP) is 6.26. The Hall–Kier alpha value is -5.23. The SMILES string of the molecule is COc1cc2ncnc(Nc3cc(C)c(Oc4ccc5ncn(C)c5c4)cc3OC)c2cc1NC(=O)/C(F)=C\[C@H]1CCCN1C. The molecule has 1 atom stereocenters. The number of halogens is 1. The number of ether oxygens (including phenoxy) is 3. The zero-order valence-electron chi connectivity index (χ0n) is 25.7. The van der Waals surface area contributed by atoms with Crippen molar-refractivity contribution in [1.82, 2.24) is 24.4 Å². The van der Waals surface area contributed by atoms with Crippen LogP contribution < -0.4 is 24.8 Å². The van der Waals surface area contributed by atoms with Gasteiger partial charge in [0.2, 0.25) is 0 Å². The lowest BCUT2D eigenvalue weighted by atomic mass is 10.1. The summed E-state index contributed by atoms with van der Waals surface area (Å²) in [6.07, 6.45) is 6.32. The van der Waals surface area contributed by atoms with Gasteiger partial charge in [0.1, 0.15) is 35.1 Å². The number of likely N-dealkylation sites (N-methyl/N-ethyl adjacent to an activating group) is 1. The van der Waals surface area contributed by atoms with Crippen LogP contribution in [0.25, 0.3) is 21.9 Å². The van der Waals surface area contributed by atoms with Gasteiger partial charge in [-0.2, -0.15) is 0 Å². The molecule has 232 valence electrons. The molecule has 1 aliphatic heterocycles. The number of amides is 1. The van der Waals surface area contributed by atoms with E-state index in [1.807, 2.05) is 54.8 Å². The number of hydrogen-bond donors (Lipinski definition) is 2. The van der Waals surface area contributed by atoms with E-state index in [0.717, 1.165) is 36.0 Å². The normalized spacial score (nSPS) is 15.4. The first-order valence-corrected chi connectivity index (χ1v) is 14.5. The molecule has 0 bridgehead atoms. The molecule has 1 amide bonds. The predicted molar refractivity (Wildman–Crippen MR) is 171 cm³/mol. The molecular formula is C33H34FN7O4. The average molecular weight is 612 g/mol. The van der Waals surface area contributed by atoms with E-state index in [9.17, 15) is 9.18 Å². The number of benzene rings is 3. The summed E-state index contributed by atoms with van der Waals surface area (Å²) in [5, 5.41) is 6.57. The van der Waals surface area contributed by atoms with Gasteiger partial charge in [-0.05, 0) is 69.3 Å². The number of imidazole rings is 1. The lowest BCUT2D eigenvalue weighted by Gasteiger charge is -2.17. The lowest BCUT2D eigenvalue weighted by molar-refractivity contribution is -0.114. The Labute approximate surface area is 259 Å². The van der Waals surface area contributed by atoms with Gasteiger partial charge in [-0.3, -0.25) is 9.69 Å². The summed E-state index contributed by atoms with van der Waals surface area (Å²) in [6.45, 7) is 2.80. The van der Waals surface area contributed by atoms with Gasteiger partial charge in [-0.15, -0.1) is 0 Å². The van der Waals surface area contributed by atoms with Crippen molar-refractivity contribution in [2.24, 2.45) is 7.05 Å². The number of likely N-dealkylation sites (tertiary alicyclic amines) is 1. The fourth-order valence-corrected chi connectivity index (χ4v) is 5.49. The second kappa shape index (κ2) is 12.4. The molecule has 3 aromatic carbocycles. The number of hydrogen-bond acceptors (Lipinski definition) is 9. The number of nitrogens with zero attached hydrogens (tertiary/aromatic N) is 5. The molecule has 1 aliphatic rings. The van der Waals surface area contributed by atoms with Gasteiger partial charge in [0.25, 0.3) is 5.91 Å². The van der Waals surface area contributed by atoms with Crippen molar-refractivity contribution in [2.45, 2.75) is 25.8 Å². The molecule has 11 nitrogen and oxygen atoms in total. The molecule has 1 fully saturated rings. The number of carbonyl (C=O) groups is 1. The van der Waals surface area contributed by atoms with Gasteiger partial charge in [0, 0.05) is 36.7 Å². The van der Waals surface area contributed by atoms with Crippen molar-refractivity contribution < 1.29 is 23.4 Å². The van der Waals surface area contributed by atoms with Crippen LogP contribution in [0.15, 0.2) is 67.0 Å². The first-order valence-electron chi connectivity index (χ1n) is 14.5. The number of nitrogens with one attached hydrogen (secondary N) is 2. The number of carbonyl (C=O) groups excluding carboxylic acids is 1. The topological polar surface area (TPSA) is 116 Å². The third-order valence-corrected chi connectivity index (χ3v) is 8.01. The summed E-state index contributed by atoms with van der Waals surface area (Å²) in [5.41, 5.74) is 4.18. The second-order valence-electron chi connectivity index (χ2n) is 11.0. The Morgan fingerprint density at radius 1 is 0.978 bits per heavy atom. The van der Waals surface area contributed by atoms with Crippen molar-refractivity contribution >= 4 is 45.0 Å². The summed E-state index contributed by atoms with van der Waals surface area (Å²) < 4.78 is 34.3. The molecule has 0 unspecified atom stereocenters. The molecule has 5 aromatic rings. The maximum atomic E-state index is 14.9. The summed E-state index contributed by atoms with van der Waals surface area (Å²) in [5.74, 6) is 0.912. The highest BCUT2D eigenvalue weighted by Crippen LogP contribution is 2.39. The monoisotopic (exact) mass is 611 g/mol. The highest BCUT2D eigenvalue weighted by Gasteiger charge is 2.22. The molecule has 2 aromatic heterocycles. The van der Waals surface area contributed by atoms with Gasteiger partial charge in [-0.1, -0.05) is 0 Å². The molecule has 0 spiro atoms. The van der Waals surface area contributed by atoms with E-state index in [0.29, 0.717) is 45.4 Å². The van der Waals surface area contributed by atoms with Crippen LogP contribution in [0.3, 0.4) is 0 Å². The molecule has 0 saturated carbocycles. The summed E-state index contributed by atoms with van der Waals surface area (Å²) in [4.78, 5) is 28.0. The number of aryl methyl sites for hydroxylation is 2. The minimum Gasteiger partial charge on any atom is -0.494 e. The van der Waals surface area contributed by atoms with E-state index >= 15 is 0 Å². The van der Waals surface area contributed by atoms with Crippen molar-refractivity contribution in [1.29, 1.82) is 0 Å². The maximum absolute atomic E-state index is 14.9. The minimum absolute atomic E-state index is 0.113. The van der Waals surface area contributed by atoms with Crippen LogP contribution in [0.2, 0.25) is 0 Å². The molecule has 2 N–H and O–H groups in total. The molecule has 0 radical (unpaired) electrons. The van der Waals surface area contributed by atoms with Crippen molar-refractivity contribution in [3.05, 3.63) is 72.6 Å². The quantitative estimate of drug-likeness (QED) is 0.186. The van der Waals surface area contributed by atoms with Gasteiger partial charge >= 0.3 is 0 Å². The minimum atomic E-state index is -0.852. The zero-order chi connectivity index (χ0) is 31.7. The molecule has 3 heterocycles. The Bertz CT molecular complexity index is 1940. The highest BCUT2D eigenvalue weighted by molar-refractivity contribution is 6.05. The molecule has 12 heteroatoms. The lowest BCUT2D eigenvalue weighted by Crippen LogP contribution is -2.24. The Morgan fingerprint density at radius 2 is 1.78 bits per heavy atom. The molecule has 0 aliphatic carbocycles. The number of aromatic nitrogens is 4. The zero-order valence-corrected chi connectivity index (χ0v) is 25.7. The van der Waals surface area contributed by atoms with Crippen LogP contribution >= 0.6 is 0 Å². The average Bonchev–Trinajstić information content (AvgIpc) is 3.62. The maximum Gasteiger partial charge on any atom is 0.284 e. The van der Waals surface area contributed by atoms with Crippen LogP contribution in [-0.2, 0) is 11.8 Å². The van der Waals surface area contributed by atoms with Crippen LogP contribution in [-0.4, -0.2) is 64.2 Å². The van der Waals surface area contributed by atoms with Gasteiger partial charge in [-0.25, -0.2) is 19.3 Å². The standard InChI is InChI=1S/C33H34FN7O4/c1-19-11-26(31(44-5)16-29(19)45-21-8-9-24-28(13-21)41(3)18-37-24)38-32-22-14-27(30(43-4)15-25(22)35-17-36-32)39-33(42)23(34)12-20-7-6-10-40(20)2/h8-9,11-18,20H,6-7,10H2,1-5H3,(H,39,42)(H,35,36,38)/b23-12+/t20-/m1/s1. The molecule has 1 saturated heterocycles. The van der Waals surface area contributed by atoms with Gasteiger partial charge in [0.05, 0.1) is 48.5 Å². The van der Waals surface area contributed by atoms with Crippen LogP contribution in [0.5, 0.6) is 23.0 Å². The number of anilines is 3.